The molecule has 2 rings (SSSR count). The van der Waals surface area contributed by atoms with E-state index in [4.69, 9.17) is 0 Å². The number of aromatic nitrogens is 4. The zero-order valence-corrected chi connectivity index (χ0v) is 12.3. The van der Waals surface area contributed by atoms with E-state index in [0.717, 1.165) is 24.1 Å². The molecule has 0 atom stereocenters. The predicted molar refractivity (Wildman–Crippen MR) is 74.0 cm³/mol. The summed E-state index contributed by atoms with van der Waals surface area (Å²) >= 11 is 0. The minimum Gasteiger partial charge on any atom is -0.211 e. The second kappa shape index (κ2) is 6.10. The summed E-state index contributed by atoms with van der Waals surface area (Å²) in [6.45, 7) is 4.29. The van der Waals surface area contributed by atoms with Crippen LogP contribution in [0.3, 0.4) is 0 Å². The molecule has 0 amide bonds. The Morgan fingerprint density at radius 3 is 2.75 bits per heavy atom. The first-order chi connectivity index (χ1) is 9.54. The summed E-state index contributed by atoms with van der Waals surface area (Å²) in [5.41, 5.74) is 1.54. The van der Waals surface area contributed by atoms with Crippen LogP contribution < -0.4 is 4.72 Å². The van der Waals surface area contributed by atoms with Crippen LogP contribution in [-0.2, 0) is 10.0 Å². The minimum absolute atomic E-state index is 0.253. The molecule has 0 unspecified atom stereocenters. The summed E-state index contributed by atoms with van der Waals surface area (Å²) in [6.07, 6.45) is 3.23. The first kappa shape index (κ1) is 14.6. The van der Waals surface area contributed by atoms with E-state index in [0.29, 0.717) is 6.54 Å². The zero-order valence-electron chi connectivity index (χ0n) is 11.4. The number of benzene rings is 1. The van der Waals surface area contributed by atoms with Gasteiger partial charge in [0.15, 0.2) is 0 Å². The monoisotopic (exact) mass is 295 g/mol. The molecular weight excluding hydrogens is 278 g/mol. The third-order valence-electron chi connectivity index (χ3n) is 2.90. The van der Waals surface area contributed by atoms with Crippen molar-refractivity contribution in [1.82, 2.24) is 24.9 Å². The number of nitrogens with zero attached hydrogens (tertiary/aromatic N) is 4. The molecule has 8 heteroatoms. The van der Waals surface area contributed by atoms with Gasteiger partial charge in [0.05, 0.1) is 10.6 Å². The van der Waals surface area contributed by atoms with Crippen LogP contribution in [0.15, 0.2) is 29.4 Å². The maximum atomic E-state index is 12.1. The normalized spacial score (nSPS) is 11.7. The van der Waals surface area contributed by atoms with E-state index in [2.05, 4.69) is 20.2 Å². The van der Waals surface area contributed by atoms with Gasteiger partial charge in [-0.3, -0.25) is 0 Å². The molecular formula is C12H17N5O2S. The Kier molecular flexibility index (Phi) is 4.46. The summed E-state index contributed by atoms with van der Waals surface area (Å²) in [4.78, 5) is 0.253. The fourth-order valence-electron chi connectivity index (χ4n) is 1.79. The number of nitrogens with one attached hydrogen (secondary N) is 1. The van der Waals surface area contributed by atoms with E-state index in [1.165, 1.54) is 11.0 Å². The van der Waals surface area contributed by atoms with Crippen LogP contribution in [0.1, 0.15) is 25.3 Å². The SMILES string of the molecule is CCCCNS(=O)(=O)c1ccc(-n2cnnn2)c(C)c1. The molecule has 0 aliphatic carbocycles. The molecule has 0 aliphatic heterocycles. The molecule has 0 fully saturated rings. The molecule has 0 saturated heterocycles. The maximum absolute atomic E-state index is 12.1. The van der Waals surface area contributed by atoms with Crippen molar-refractivity contribution in [1.29, 1.82) is 0 Å². The quantitative estimate of drug-likeness (QED) is 0.804. The van der Waals surface area contributed by atoms with E-state index >= 15 is 0 Å². The van der Waals surface area contributed by atoms with Gasteiger partial charge in [-0.2, -0.15) is 0 Å². The predicted octanol–water partition coefficient (Wildman–Crippen LogP) is 1.05. The van der Waals surface area contributed by atoms with Crippen LogP contribution in [0.5, 0.6) is 0 Å². The Labute approximate surface area is 118 Å². The van der Waals surface area contributed by atoms with Crippen LogP contribution in [0.4, 0.5) is 0 Å². The molecule has 0 spiro atoms. The lowest BCUT2D eigenvalue weighted by atomic mass is 10.2. The van der Waals surface area contributed by atoms with Gasteiger partial charge in [0.2, 0.25) is 10.0 Å². The maximum Gasteiger partial charge on any atom is 0.240 e. The van der Waals surface area contributed by atoms with E-state index in [-0.39, 0.29) is 4.90 Å². The van der Waals surface area contributed by atoms with Crippen molar-refractivity contribution < 1.29 is 8.42 Å². The van der Waals surface area contributed by atoms with Crippen molar-refractivity contribution in [2.45, 2.75) is 31.6 Å². The van der Waals surface area contributed by atoms with Crippen LogP contribution in [0, 0.1) is 6.92 Å². The standard InChI is InChI=1S/C12H17N5O2S/c1-3-4-7-14-20(18,19)11-5-6-12(10(2)8-11)17-9-13-15-16-17/h5-6,8-9,14H,3-4,7H2,1-2H3. The second-order valence-electron chi connectivity index (χ2n) is 4.45. The topological polar surface area (TPSA) is 89.8 Å². The zero-order chi connectivity index (χ0) is 14.6. The second-order valence-corrected chi connectivity index (χ2v) is 6.22. The summed E-state index contributed by atoms with van der Waals surface area (Å²) in [5, 5.41) is 10.9. The molecule has 7 nitrogen and oxygen atoms in total. The highest BCUT2D eigenvalue weighted by Crippen LogP contribution is 2.17. The molecule has 0 bridgehead atoms. The largest absolute Gasteiger partial charge is 0.240 e. The number of hydrogen-bond acceptors (Lipinski definition) is 5. The Morgan fingerprint density at radius 2 is 2.15 bits per heavy atom. The number of aryl methyl sites for hydroxylation is 1. The molecule has 0 saturated carbocycles. The molecule has 2 aromatic rings. The number of unbranched alkanes of at least 4 members (excludes halogenated alkanes) is 1. The van der Waals surface area contributed by atoms with Crippen molar-refractivity contribution in [3.8, 4) is 5.69 Å². The first-order valence-electron chi connectivity index (χ1n) is 6.38. The molecule has 0 aliphatic rings. The average molecular weight is 295 g/mol. The van der Waals surface area contributed by atoms with Gasteiger partial charge in [-0.25, -0.2) is 17.8 Å². The van der Waals surface area contributed by atoms with Crippen molar-refractivity contribution in [3.63, 3.8) is 0 Å². The third kappa shape index (κ3) is 3.20. The van der Waals surface area contributed by atoms with Crippen LogP contribution >= 0.6 is 0 Å². The lowest BCUT2D eigenvalue weighted by Crippen LogP contribution is -2.24. The third-order valence-corrected chi connectivity index (χ3v) is 4.36. The molecule has 1 N–H and O–H groups in total. The van der Waals surface area contributed by atoms with Crippen LogP contribution in [-0.4, -0.2) is 35.2 Å². The molecule has 20 heavy (non-hydrogen) atoms. The molecule has 1 heterocycles. The highest BCUT2D eigenvalue weighted by molar-refractivity contribution is 7.89. The van der Waals surface area contributed by atoms with Crippen molar-refractivity contribution >= 4 is 10.0 Å². The summed E-state index contributed by atoms with van der Waals surface area (Å²) < 4.78 is 28.3. The van der Waals surface area contributed by atoms with Gasteiger partial charge >= 0.3 is 0 Å². The fourth-order valence-corrected chi connectivity index (χ4v) is 2.95. The number of sulfonamides is 1. The Morgan fingerprint density at radius 1 is 1.35 bits per heavy atom. The summed E-state index contributed by atoms with van der Waals surface area (Å²) in [5.74, 6) is 0. The van der Waals surface area contributed by atoms with Gasteiger partial charge in [0, 0.05) is 6.54 Å². The van der Waals surface area contributed by atoms with E-state index in [9.17, 15) is 8.42 Å². The Bertz CT molecular complexity index is 667. The van der Waals surface area contributed by atoms with Crippen molar-refractivity contribution in [2.24, 2.45) is 0 Å². The number of tetrazole rings is 1. The summed E-state index contributed by atoms with van der Waals surface area (Å²) in [7, 11) is -3.45. The molecule has 108 valence electrons. The average Bonchev–Trinajstić information content (AvgIpc) is 2.92. The lowest BCUT2D eigenvalue weighted by molar-refractivity contribution is 0.578. The van der Waals surface area contributed by atoms with Crippen LogP contribution in [0.2, 0.25) is 0 Å². The first-order valence-corrected chi connectivity index (χ1v) is 7.86. The summed E-state index contributed by atoms with van der Waals surface area (Å²) in [6, 6.07) is 4.86. The Hall–Kier alpha value is -1.80. The van der Waals surface area contributed by atoms with Crippen molar-refractivity contribution in [2.75, 3.05) is 6.54 Å². The van der Waals surface area contributed by atoms with Gasteiger partial charge in [-0.15, -0.1) is 5.10 Å². The lowest BCUT2D eigenvalue weighted by Gasteiger charge is -2.09. The molecule has 1 aromatic carbocycles. The molecule has 0 radical (unpaired) electrons. The smallest absolute Gasteiger partial charge is 0.211 e. The van der Waals surface area contributed by atoms with Crippen LogP contribution in [0.25, 0.3) is 5.69 Å². The van der Waals surface area contributed by atoms with Crippen molar-refractivity contribution in [3.05, 3.63) is 30.1 Å². The van der Waals surface area contributed by atoms with E-state index < -0.39 is 10.0 Å². The molecule has 1 aromatic heterocycles. The Balaban J connectivity index is 2.25. The van der Waals surface area contributed by atoms with Gasteiger partial charge in [-0.1, -0.05) is 13.3 Å². The van der Waals surface area contributed by atoms with Gasteiger partial charge in [0.1, 0.15) is 6.33 Å². The number of hydrogen-bond donors (Lipinski definition) is 1. The van der Waals surface area contributed by atoms with Gasteiger partial charge in [0.25, 0.3) is 0 Å². The highest BCUT2D eigenvalue weighted by Gasteiger charge is 2.15. The minimum atomic E-state index is -3.45. The van der Waals surface area contributed by atoms with Gasteiger partial charge in [-0.05, 0) is 47.5 Å². The van der Waals surface area contributed by atoms with Gasteiger partial charge < -0.3 is 0 Å². The van der Waals surface area contributed by atoms with E-state index in [1.54, 1.807) is 18.2 Å². The van der Waals surface area contributed by atoms with E-state index in [1.807, 2.05) is 13.8 Å². The number of rotatable bonds is 6. The highest BCUT2D eigenvalue weighted by atomic mass is 32.2. The fraction of sp³-hybridized carbons (Fsp3) is 0.417.